The molecule has 1 aromatic heterocycles. The number of ketones is 2. The van der Waals surface area contributed by atoms with Crippen LogP contribution in [0.15, 0.2) is 65.8 Å². The van der Waals surface area contributed by atoms with Gasteiger partial charge in [-0.3, -0.25) is 9.59 Å². The van der Waals surface area contributed by atoms with Gasteiger partial charge in [0, 0.05) is 47.0 Å². The number of benzene rings is 3. The number of oxime groups is 1. The van der Waals surface area contributed by atoms with Gasteiger partial charge in [0.05, 0.1) is 11.1 Å². The number of carbonyl (C=O) groups excluding carboxylic acids is 3. The second-order valence-electron chi connectivity index (χ2n) is 7.45. The number of hydrogen-bond acceptors (Lipinski definition) is 6. The van der Waals surface area contributed by atoms with Crippen LogP contribution in [0.4, 0.5) is 0 Å². The number of fused-ring (bicyclic) bond motifs is 4. The van der Waals surface area contributed by atoms with Gasteiger partial charge < -0.3 is 14.1 Å². The van der Waals surface area contributed by atoms with E-state index in [2.05, 4.69) is 14.6 Å². The van der Waals surface area contributed by atoms with Crippen LogP contribution in [0.2, 0.25) is 0 Å². The molecule has 1 aliphatic heterocycles. The zero-order chi connectivity index (χ0) is 22.4. The van der Waals surface area contributed by atoms with Gasteiger partial charge >= 0.3 is 11.9 Å². The summed E-state index contributed by atoms with van der Waals surface area (Å²) in [5.41, 5.74) is 3.34. The molecule has 0 atom stereocenters. The highest BCUT2D eigenvalue weighted by molar-refractivity contribution is 6.47. The van der Waals surface area contributed by atoms with Crippen LogP contribution in [0.3, 0.4) is 0 Å². The molecule has 7 nitrogen and oxygen atoms in total. The first-order valence-electron chi connectivity index (χ1n) is 10.2. The van der Waals surface area contributed by atoms with Crippen molar-refractivity contribution in [3.8, 4) is 5.75 Å². The number of carbonyl (C=O) groups is 3. The second-order valence-corrected chi connectivity index (χ2v) is 7.45. The fraction of sp³-hybridized carbons (Fsp3) is 0.120. The van der Waals surface area contributed by atoms with Crippen LogP contribution in [-0.2, 0) is 16.2 Å². The van der Waals surface area contributed by atoms with Gasteiger partial charge in [-0.2, -0.15) is 0 Å². The average molecular weight is 426 g/mol. The summed E-state index contributed by atoms with van der Waals surface area (Å²) in [5.74, 6) is -1.10. The van der Waals surface area contributed by atoms with Crippen LogP contribution in [-0.4, -0.2) is 28.0 Å². The molecule has 0 bridgehead atoms. The number of rotatable bonds is 4. The number of ether oxygens (including phenoxy) is 1. The highest BCUT2D eigenvalue weighted by Gasteiger charge is 2.31. The van der Waals surface area contributed by atoms with Crippen molar-refractivity contribution in [1.82, 2.24) is 4.57 Å². The molecule has 0 N–H and O–H groups in total. The van der Waals surface area contributed by atoms with Gasteiger partial charge in [-0.05, 0) is 36.3 Å². The largest absolute Gasteiger partial charge is 0.433 e. The molecule has 1 aliphatic rings. The van der Waals surface area contributed by atoms with E-state index in [9.17, 15) is 14.4 Å². The lowest BCUT2D eigenvalue weighted by Crippen LogP contribution is -2.13. The number of hydrogen-bond donors (Lipinski definition) is 0. The molecule has 0 amide bonds. The fourth-order valence-corrected chi connectivity index (χ4v) is 4.06. The van der Waals surface area contributed by atoms with Crippen molar-refractivity contribution >= 4 is 45.2 Å². The third-order valence-electron chi connectivity index (χ3n) is 5.48. The summed E-state index contributed by atoms with van der Waals surface area (Å²) < 4.78 is 7.64. The van der Waals surface area contributed by atoms with Crippen molar-refractivity contribution in [3.63, 3.8) is 0 Å². The first-order valence-corrected chi connectivity index (χ1v) is 10.2. The maximum absolute atomic E-state index is 13.0. The average Bonchev–Trinajstić information content (AvgIpc) is 3.29. The Kier molecular flexibility index (Phi) is 4.59. The molecule has 2 heterocycles. The SMILES string of the molecule is CCn1c2ccc(C(=O)c3ccccc3)cc2c2cc3c(cc21)O/C(=N\OC(C)=O)C3=O. The van der Waals surface area contributed by atoms with E-state index in [-0.39, 0.29) is 11.7 Å². The molecule has 0 saturated heterocycles. The summed E-state index contributed by atoms with van der Waals surface area (Å²) in [4.78, 5) is 41.3. The van der Waals surface area contributed by atoms with Crippen LogP contribution < -0.4 is 4.74 Å². The van der Waals surface area contributed by atoms with Gasteiger partial charge in [0.15, 0.2) is 5.78 Å². The minimum atomic E-state index is -0.644. The van der Waals surface area contributed by atoms with E-state index in [1.165, 1.54) is 6.92 Å². The van der Waals surface area contributed by atoms with Crippen molar-refractivity contribution < 1.29 is 24.0 Å². The van der Waals surface area contributed by atoms with Gasteiger partial charge in [-0.1, -0.05) is 30.3 Å². The lowest BCUT2D eigenvalue weighted by molar-refractivity contribution is -0.141. The third kappa shape index (κ3) is 3.06. The Labute approximate surface area is 182 Å². The highest BCUT2D eigenvalue weighted by Crippen LogP contribution is 2.37. The number of nitrogens with zero attached hydrogens (tertiary/aromatic N) is 2. The van der Waals surface area contributed by atoms with Crippen molar-refractivity contribution in [2.45, 2.75) is 20.4 Å². The lowest BCUT2D eigenvalue weighted by Gasteiger charge is -2.05. The normalized spacial score (nSPS) is 14.1. The summed E-state index contributed by atoms with van der Waals surface area (Å²) in [5, 5.41) is 5.21. The standard InChI is InChI=1S/C25H18N2O5/c1-3-27-20-10-9-16(23(29)15-7-5-4-6-8-15)11-17(20)18-12-19-22(13-21(18)27)31-25(24(19)30)26-32-14(2)28/h4-13H,3H2,1-2H3/b26-25-. The van der Waals surface area contributed by atoms with Crippen molar-refractivity contribution in [2.24, 2.45) is 5.16 Å². The summed E-state index contributed by atoms with van der Waals surface area (Å²) in [7, 11) is 0. The molecule has 4 aromatic rings. The van der Waals surface area contributed by atoms with Gasteiger partial charge in [-0.25, -0.2) is 4.79 Å². The van der Waals surface area contributed by atoms with Crippen LogP contribution in [0.1, 0.15) is 40.1 Å². The highest BCUT2D eigenvalue weighted by atomic mass is 16.7. The van der Waals surface area contributed by atoms with E-state index in [1.807, 2.05) is 43.3 Å². The number of aryl methyl sites for hydroxylation is 1. The summed E-state index contributed by atoms with van der Waals surface area (Å²) in [6.45, 7) is 3.90. The molecule has 0 saturated carbocycles. The predicted octanol–water partition coefficient (Wildman–Crippen LogP) is 4.50. The summed E-state index contributed by atoms with van der Waals surface area (Å²) in [6, 6.07) is 18.2. The van der Waals surface area contributed by atoms with Crippen LogP contribution in [0.25, 0.3) is 21.8 Å². The lowest BCUT2D eigenvalue weighted by atomic mass is 10.0. The summed E-state index contributed by atoms with van der Waals surface area (Å²) >= 11 is 0. The minimum absolute atomic E-state index is 0.0683. The zero-order valence-corrected chi connectivity index (χ0v) is 17.4. The predicted molar refractivity (Wildman–Crippen MR) is 119 cm³/mol. The molecule has 32 heavy (non-hydrogen) atoms. The molecule has 0 unspecified atom stereocenters. The Hall–Kier alpha value is -4.26. The van der Waals surface area contributed by atoms with Crippen molar-refractivity contribution in [2.75, 3.05) is 0 Å². The van der Waals surface area contributed by atoms with Gasteiger partial charge in [-0.15, -0.1) is 0 Å². The topological polar surface area (TPSA) is 87.0 Å². The molecule has 0 fully saturated rings. The van der Waals surface area contributed by atoms with E-state index in [0.29, 0.717) is 29.0 Å². The zero-order valence-electron chi connectivity index (χ0n) is 17.4. The fourth-order valence-electron chi connectivity index (χ4n) is 4.06. The summed E-state index contributed by atoms with van der Waals surface area (Å²) in [6.07, 6.45) is 0. The molecule has 3 aromatic carbocycles. The van der Waals surface area contributed by atoms with E-state index in [0.717, 1.165) is 21.8 Å². The van der Waals surface area contributed by atoms with Crippen LogP contribution in [0.5, 0.6) is 5.75 Å². The first kappa shape index (κ1) is 19.7. The maximum atomic E-state index is 13.0. The van der Waals surface area contributed by atoms with Gasteiger partial charge in [0.25, 0.3) is 5.78 Å². The van der Waals surface area contributed by atoms with E-state index < -0.39 is 11.8 Å². The molecule has 0 aliphatic carbocycles. The van der Waals surface area contributed by atoms with E-state index >= 15 is 0 Å². The maximum Gasteiger partial charge on any atom is 0.332 e. The van der Waals surface area contributed by atoms with Gasteiger partial charge in [0.1, 0.15) is 5.75 Å². The number of Topliss-reactive ketones (excluding diaryl/α,β-unsaturated/α-hetero) is 1. The van der Waals surface area contributed by atoms with Crippen LogP contribution >= 0.6 is 0 Å². The van der Waals surface area contributed by atoms with Crippen LogP contribution in [0, 0.1) is 0 Å². The first-order chi connectivity index (χ1) is 15.5. The Morgan fingerprint density at radius 2 is 1.72 bits per heavy atom. The van der Waals surface area contributed by atoms with Crippen molar-refractivity contribution in [3.05, 3.63) is 77.4 Å². The molecular formula is C25H18N2O5. The molecule has 0 radical (unpaired) electrons. The molecule has 158 valence electrons. The second kappa shape index (κ2) is 7.46. The van der Waals surface area contributed by atoms with E-state index in [4.69, 9.17) is 4.74 Å². The monoisotopic (exact) mass is 426 g/mol. The minimum Gasteiger partial charge on any atom is -0.433 e. The molecule has 5 rings (SSSR count). The third-order valence-corrected chi connectivity index (χ3v) is 5.48. The number of aromatic nitrogens is 1. The Balaban J connectivity index is 1.67. The van der Waals surface area contributed by atoms with E-state index in [1.54, 1.807) is 24.3 Å². The van der Waals surface area contributed by atoms with Gasteiger partial charge in [0.2, 0.25) is 0 Å². The molecule has 0 spiro atoms. The molecular weight excluding hydrogens is 408 g/mol. The Morgan fingerprint density at radius 1 is 0.969 bits per heavy atom. The Bertz CT molecular complexity index is 1460. The molecule has 7 heteroatoms. The van der Waals surface area contributed by atoms with Crippen molar-refractivity contribution in [1.29, 1.82) is 0 Å². The Morgan fingerprint density at radius 3 is 2.44 bits per heavy atom. The smallest absolute Gasteiger partial charge is 0.332 e. The quantitative estimate of drug-likeness (QED) is 0.272.